The maximum absolute atomic E-state index is 12.6. The lowest BCUT2D eigenvalue weighted by Crippen LogP contribution is -2.51. The van der Waals surface area contributed by atoms with Crippen LogP contribution < -0.4 is 11.1 Å². The van der Waals surface area contributed by atoms with Crippen LogP contribution in [-0.4, -0.2) is 29.9 Å². The number of nitrogens with two attached hydrogens (primary N) is 1. The lowest BCUT2D eigenvalue weighted by atomic mass is 10.0. The summed E-state index contributed by atoms with van der Waals surface area (Å²) in [5, 5.41) is 2.52. The largest absolute Gasteiger partial charge is 0.461 e. The van der Waals surface area contributed by atoms with Gasteiger partial charge in [-0.2, -0.15) is 0 Å². The molecule has 0 spiro atoms. The van der Waals surface area contributed by atoms with Crippen molar-refractivity contribution in [2.45, 2.75) is 45.6 Å². The molecular formula is C23H28N2O5. The Hall–Kier alpha value is -3.19. The molecule has 0 aliphatic carbocycles. The standard InChI is InChI=1S/C23H28N2O5/c1-16(2)21(24)22(27)25-19(23(28)30-15-18-11-7-4-8-12-18)13-20(26)29-14-17-9-5-3-6-10-17/h3-12,16,19,21H,13-15,24H2,1-2H3,(H,25,27)/t19-,21-/m1/s1. The van der Waals surface area contributed by atoms with E-state index in [0.29, 0.717) is 0 Å². The molecule has 0 fully saturated rings. The molecule has 0 saturated carbocycles. The van der Waals surface area contributed by atoms with E-state index in [1.807, 2.05) is 60.7 Å². The van der Waals surface area contributed by atoms with E-state index in [9.17, 15) is 14.4 Å². The number of benzene rings is 2. The topological polar surface area (TPSA) is 108 Å². The molecule has 0 aliphatic rings. The van der Waals surface area contributed by atoms with Crippen LogP contribution in [0.1, 0.15) is 31.4 Å². The van der Waals surface area contributed by atoms with Crippen molar-refractivity contribution in [3.63, 3.8) is 0 Å². The summed E-state index contributed by atoms with van der Waals surface area (Å²) in [5.41, 5.74) is 7.47. The third kappa shape index (κ3) is 7.67. The number of ether oxygens (including phenoxy) is 2. The first kappa shape index (κ1) is 23.1. The number of amides is 1. The third-order valence-electron chi connectivity index (χ3n) is 4.46. The van der Waals surface area contributed by atoms with Gasteiger partial charge in [-0.05, 0) is 17.0 Å². The third-order valence-corrected chi connectivity index (χ3v) is 4.46. The number of hydrogen-bond acceptors (Lipinski definition) is 6. The van der Waals surface area contributed by atoms with Gasteiger partial charge >= 0.3 is 11.9 Å². The molecule has 0 aromatic heterocycles. The van der Waals surface area contributed by atoms with Crippen molar-refractivity contribution in [1.29, 1.82) is 0 Å². The van der Waals surface area contributed by atoms with Crippen molar-refractivity contribution >= 4 is 17.8 Å². The SMILES string of the molecule is CC(C)[C@@H](N)C(=O)N[C@H](CC(=O)OCc1ccccc1)C(=O)OCc1ccccc1. The van der Waals surface area contributed by atoms with Crippen molar-refractivity contribution in [3.8, 4) is 0 Å². The zero-order valence-electron chi connectivity index (χ0n) is 17.2. The second-order valence-corrected chi connectivity index (χ2v) is 7.27. The fraction of sp³-hybridized carbons (Fsp3) is 0.348. The summed E-state index contributed by atoms with van der Waals surface area (Å²) in [4.78, 5) is 37.2. The van der Waals surface area contributed by atoms with Crippen LogP contribution >= 0.6 is 0 Å². The van der Waals surface area contributed by atoms with Crippen LogP contribution in [-0.2, 0) is 37.1 Å². The maximum atomic E-state index is 12.6. The van der Waals surface area contributed by atoms with Crippen LogP contribution in [0.2, 0.25) is 0 Å². The average Bonchev–Trinajstić information content (AvgIpc) is 2.76. The number of hydrogen-bond donors (Lipinski definition) is 2. The van der Waals surface area contributed by atoms with Gasteiger partial charge in [0, 0.05) is 0 Å². The Balaban J connectivity index is 1.98. The summed E-state index contributed by atoms with van der Waals surface area (Å²) in [6.07, 6.45) is -0.350. The summed E-state index contributed by atoms with van der Waals surface area (Å²) in [7, 11) is 0. The average molecular weight is 412 g/mol. The van der Waals surface area contributed by atoms with Gasteiger partial charge in [0.05, 0.1) is 12.5 Å². The Labute approximate surface area is 176 Å². The zero-order valence-corrected chi connectivity index (χ0v) is 17.2. The van der Waals surface area contributed by atoms with Crippen LogP contribution in [0.25, 0.3) is 0 Å². The van der Waals surface area contributed by atoms with Gasteiger partial charge in [-0.25, -0.2) is 4.79 Å². The maximum Gasteiger partial charge on any atom is 0.329 e. The van der Waals surface area contributed by atoms with Crippen LogP contribution in [0, 0.1) is 5.92 Å². The lowest BCUT2D eigenvalue weighted by Gasteiger charge is -2.21. The second kappa shape index (κ2) is 11.7. The fourth-order valence-corrected chi connectivity index (χ4v) is 2.56. The molecule has 2 rings (SSSR count). The van der Waals surface area contributed by atoms with E-state index >= 15 is 0 Å². The van der Waals surface area contributed by atoms with Crippen molar-refractivity contribution in [2.24, 2.45) is 11.7 Å². The van der Waals surface area contributed by atoms with Gasteiger partial charge in [0.15, 0.2) is 0 Å². The summed E-state index contributed by atoms with van der Waals surface area (Å²) in [5.74, 6) is -2.00. The normalized spacial score (nSPS) is 12.7. The predicted octanol–water partition coefficient (Wildman–Crippen LogP) is 2.33. The molecule has 1 amide bonds. The van der Waals surface area contributed by atoms with E-state index in [1.165, 1.54) is 0 Å². The molecule has 3 N–H and O–H groups in total. The monoisotopic (exact) mass is 412 g/mol. The summed E-state index contributed by atoms with van der Waals surface area (Å²) < 4.78 is 10.5. The van der Waals surface area contributed by atoms with Gasteiger partial charge in [0.25, 0.3) is 0 Å². The van der Waals surface area contributed by atoms with E-state index in [2.05, 4.69) is 5.32 Å². The first-order valence-corrected chi connectivity index (χ1v) is 9.83. The fourth-order valence-electron chi connectivity index (χ4n) is 2.56. The van der Waals surface area contributed by atoms with Gasteiger partial charge in [-0.3, -0.25) is 9.59 Å². The molecule has 0 unspecified atom stereocenters. The quantitative estimate of drug-likeness (QED) is 0.580. The summed E-state index contributed by atoms with van der Waals surface area (Å²) >= 11 is 0. The molecule has 0 bridgehead atoms. The molecular weight excluding hydrogens is 384 g/mol. The van der Waals surface area contributed by atoms with Gasteiger partial charge in [-0.1, -0.05) is 74.5 Å². The molecule has 2 aromatic rings. The van der Waals surface area contributed by atoms with E-state index < -0.39 is 29.9 Å². The van der Waals surface area contributed by atoms with Crippen LogP contribution in [0.5, 0.6) is 0 Å². The number of rotatable bonds is 10. The number of nitrogens with one attached hydrogen (secondary N) is 1. The Morgan fingerprint density at radius 3 is 1.87 bits per heavy atom. The highest BCUT2D eigenvalue weighted by atomic mass is 16.5. The van der Waals surface area contributed by atoms with Gasteiger partial charge in [0.1, 0.15) is 19.3 Å². The Bertz CT molecular complexity index is 824. The zero-order chi connectivity index (χ0) is 21.9. The van der Waals surface area contributed by atoms with Crippen LogP contribution in [0.3, 0.4) is 0 Å². The van der Waals surface area contributed by atoms with E-state index in [1.54, 1.807) is 13.8 Å². The molecule has 7 nitrogen and oxygen atoms in total. The highest BCUT2D eigenvalue weighted by molar-refractivity contribution is 5.90. The number of carbonyl (C=O) groups excluding carboxylic acids is 3. The van der Waals surface area contributed by atoms with Crippen LogP contribution in [0.15, 0.2) is 60.7 Å². The van der Waals surface area contributed by atoms with E-state index in [-0.39, 0.29) is 25.6 Å². The highest BCUT2D eigenvalue weighted by Gasteiger charge is 2.29. The van der Waals surface area contributed by atoms with Crippen LogP contribution in [0.4, 0.5) is 0 Å². The molecule has 2 atom stereocenters. The Morgan fingerprint density at radius 1 is 0.867 bits per heavy atom. The molecule has 7 heteroatoms. The summed E-state index contributed by atoms with van der Waals surface area (Å²) in [6, 6.07) is 16.3. The van der Waals surface area contributed by atoms with Gasteiger partial charge in [0.2, 0.25) is 5.91 Å². The molecule has 0 saturated heterocycles. The predicted molar refractivity (Wildman–Crippen MR) is 112 cm³/mol. The minimum absolute atomic E-state index is 0.0291. The first-order chi connectivity index (χ1) is 14.4. The number of esters is 2. The molecule has 0 aliphatic heterocycles. The smallest absolute Gasteiger partial charge is 0.329 e. The highest BCUT2D eigenvalue weighted by Crippen LogP contribution is 2.08. The van der Waals surface area contributed by atoms with Gasteiger partial charge < -0.3 is 20.5 Å². The Morgan fingerprint density at radius 2 is 1.37 bits per heavy atom. The van der Waals surface area contributed by atoms with Crippen molar-refractivity contribution in [1.82, 2.24) is 5.32 Å². The molecule has 0 heterocycles. The second-order valence-electron chi connectivity index (χ2n) is 7.27. The van der Waals surface area contributed by atoms with Crippen molar-refractivity contribution in [3.05, 3.63) is 71.8 Å². The molecule has 0 radical (unpaired) electrons. The lowest BCUT2D eigenvalue weighted by molar-refractivity contribution is -0.155. The van der Waals surface area contributed by atoms with Crippen molar-refractivity contribution < 1.29 is 23.9 Å². The van der Waals surface area contributed by atoms with Gasteiger partial charge in [-0.15, -0.1) is 0 Å². The molecule has 160 valence electrons. The Kier molecular flexibility index (Phi) is 9.03. The molecule has 30 heavy (non-hydrogen) atoms. The van der Waals surface area contributed by atoms with E-state index in [0.717, 1.165) is 11.1 Å². The summed E-state index contributed by atoms with van der Waals surface area (Å²) in [6.45, 7) is 3.69. The van der Waals surface area contributed by atoms with E-state index in [4.69, 9.17) is 15.2 Å². The number of carbonyl (C=O) groups is 3. The minimum atomic E-state index is -1.19. The van der Waals surface area contributed by atoms with Crippen molar-refractivity contribution in [2.75, 3.05) is 0 Å². The first-order valence-electron chi connectivity index (χ1n) is 9.83. The molecule has 2 aromatic carbocycles. The minimum Gasteiger partial charge on any atom is -0.461 e.